The highest BCUT2D eigenvalue weighted by molar-refractivity contribution is 5.92. The Morgan fingerprint density at radius 1 is 0.933 bits per heavy atom. The zero-order chi connectivity index (χ0) is 21.5. The van der Waals surface area contributed by atoms with Crippen LogP contribution in [0.5, 0.6) is 17.2 Å². The standard InChI is InChI=1S/C22H20N2O6/c1-27-18-13-15(10-12-20(25)29-3)9-11-17(18)30-22(26)21-19(28-2)14-24(23-21)16-7-5-4-6-8-16/h4-14H,1-3H3/b12-10+. The van der Waals surface area contributed by atoms with Crippen LogP contribution in [0.25, 0.3) is 11.8 Å². The quantitative estimate of drug-likeness (QED) is 0.337. The first-order valence-electron chi connectivity index (χ1n) is 8.91. The SMILES string of the molecule is COC(=O)/C=C/c1ccc(OC(=O)c2nn(-c3ccccc3)cc2OC)c(OC)c1. The summed E-state index contributed by atoms with van der Waals surface area (Å²) in [6.07, 6.45) is 4.44. The van der Waals surface area contributed by atoms with Gasteiger partial charge >= 0.3 is 11.9 Å². The van der Waals surface area contributed by atoms with Gasteiger partial charge in [-0.25, -0.2) is 14.3 Å². The smallest absolute Gasteiger partial charge is 0.368 e. The molecule has 0 saturated carbocycles. The molecule has 154 valence electrons. The lowest BCUT2D eigenvalue weighted by molar-refractivity contribution is -0.134. The lowest BCUT2D eigenvalue weighted by Crippen LogP contribution is -2.12. The Morgan fingerprint density at radius 3 is 2.33 bits per heavy atom. The number of methoxy groups -OCH3 is 3. The van der Waals surface area contributed by atoms with Crippen molar-refractivity contribution in [2.45, 2.75) is 0 Å². The van der Waals surface area contributed by atoms with Gasteiger partial charge in [-0.2, -0.15) is 5.10 Å². The second kappa shape index (κ2) is 9.42. The first-order chi connectivity index (χ1) is 14.5. The summed E-state index contributed by atoms with van der Waals surface area (Å²) in [6, 6.07) is 14.2. The van der Waals surface area contributed by atoms with E-state index in [1.807, 2.05) is 30.3 Å². The van der Waals surface area contributed by atoms with Crippen LogP contribution in [-0.2, 0) is 9.53 Å². The van der Waals surface area contributed by atoms with Gasteiger partial charge in [0.05, 0.1) is 33.2 Å². The zero-order valence-corrected chi connectivity index (χ0v) is 16.7. The van der Waals surface area contributed by atoms with Gasteiger partial charge in [-0.3, -0.25) is 0 Å². The number of carbonyl (C=O) groups is 2. The minimum atomic E-state index is -0.697. The van der Waals surface area contributed by atoms with Crippen molar-refractivity contribution in [3.8, 4) is 22.9 Å². The van der Waals surface area contributed by atoms with Crippen LogP contribution >= 0.6 is 0 Å². The summed E-state index contributed by atoms with van der Waals surface area (Å²) in [7, 11) is 4.19. The Kier molecular flexibility index (Phi) is 6.49. The van der Waals surface area contributed by atoms with Gasteiger partial charge in [0.15, 0.2) is 17.2 Å². The molecule has 0 N–H and O–H groups in total. The number of rotatable bonds is 7. The first-order valence-corrected chi connectivity index (χ1v) is 8.91. The van der Waals surface area contributed by atoms with Crippen LogP contribution in [0.15, 0.2) is 60.8 Å². The Morgan fingerprint density at radius 2 is 1.67 bits per heavy atom. The van der Waals surface area contributed by atoms with Gasteiger partial charge in [0.2, 0.25) is 5.69 Å². The van der Waals surface area contributed by atoms with Crippen molar-refractivity contribution in [2.24, 2.45) is 0 Å². The van der Waals surface area contributed by atoms with Crippen LogP contribution < -0.4 is 14.2 Å². The zero-order valence-electron chi connectivity index (χ0n) is 16.7. The molecular formula is C22H20N2O6. The molecule has 30 heavy (non-hydrogen) atoms. The molecule has 0 radical (unpaired) electrons. The molecule has 0 atom stereocenters. The third kappa shape index (κ3) is 4.67. The summed E-state index contributed by atoms with van der Waals surface area (Å²) in [4.78, 5) is 24.0. The number of hydrogen-bond acceptors (Lipinski definition) is 7. The van der Waals surface area contributed by atoms with E-state index in [0.717, 1.165) is 5.69 Å². The third-order valence-corrected chi connectivity index (χ3v) is 4.12. The fraction of sp³-hybridized carbons (Fsp3) is 0.136. The van der Waals surface area contributed by atoms with Crippen molar-refractivity contribution in [2.75, 3.05) is 21.3 Å². The van der Waals surface area contributed by atoms with Crippen molar-refractivity contribution in [1.29, 1.82) is 0 Å². The average Bonchev–Trinajstić information content (AvgIpc) is 3.23. The molecule has 1 aromatic heterocycles. The Hall–Kier alpha value is -4.07. The van der Waals surface area contributed by atoms with Crippen LogP contribution in [0.4, 0.5) is 0 Å². The lowest BCUT2D eigenvalue weighted by atomic mass is 10.2. The van der Waals surface area contributed by atoms with Gasteiger partial charge < -0.3 is 18.9 Å². The van der Waals surface area contributed by atoms with Crippen molar-refractivity contribution in [3.63, 3.8) is 0 Å². The second-order valence-electron chi connectivity index (χ2n) is 5.98. The second-order valence-corrected chi connectivity index (χ2v) is 5.98. The minimum absolute atomic E-state index is 0.0260. The van der Waals surface area contributed by atoms with Crippen molar-refractivity contribution < 1.29 is 28.5 Å². The summed E-state index contributed by atoms with van der Waals surface area (Å²) in [5.41, 5.74) is 1.47. The summed E-state index contributed by atoms with van der Waals surface area (Å²) in [5, 5.41) is 4.29. The molecule has 3 aromatic rings. The van der Waals surface area contributed by atoms with Gasteiger partial charge in [0, 0.05) is 6.08 Å². The van der Waals surface area contributed by atoms with Gasteiger partial charge in [0.25, 0.3) is 0 Å². The normalized spacial score (nSPS) is 10.6. The van der Waals surface area contributed by atoms with Crippen LogP contribution in [0.3, 0.4) is 0 Å². The molecule has 0 aliphatic rings. The molecule has 1 heterocycles. The summed E-state index contributed by atoms with van der Waals surface area (Å²) >= 11 is 0. The van der Waals surface area contributed by atoms with E-state index in [1.165, 1.54) is 32.1 Å². The van der Waals surface area contributed by atoms with Crippen LogP contribution in [0.2, 0.25) is 0 Å². The molecular weight excluding hydrogens is 388 g/mol. The number of nitrogens with zero attached hydrogens (tertiary/aromatic N) is 2. The van der Waals surface area contributed by atoms with E-state index in [0.29, 0.717) is 11.3 Å². The number of para-hydroxylation sites is 1. The van der Waals surface area contributed by atoms with Gasteiger partial charge in [-0.05, 0) is 35.9 Å². The summed E-state index contributed by atoms with van der Waals surface area (Å²) in [5.74, 6) is -0.380. The highest BCUT2D eigenvalue weighted by Crippen LogP contribution is 2.30. The van der Waals surface area contributed by atoms with E-state index in [2.05, 4.69) is 9.84 Å². The number of carbonyl (C=O) groups excluding carboxylic acids is 2. The predicted octanol–water partition coefficient (Wildman–Crippen LogP) is 3.29. The maximum absolute atomic E-state index is 12.7. The van der Waals surface area contributed by atoms with E-state index in [-0.39, 0.29) is 17.2 Å². The van der Waals surface area contributed by atoms with Crippen molar-refractivity contribution >= 4 is 18.0 Å². The number of benzene rings is 2. The van der Waals surface area contributed by atoms with Crippen LogP contribution in [-0.4, -0.2) is 43.0 Å². The van der Waals surface area contributed by atoms with E-state index in [1.54, 1.807) is 30.5 Å². The summed E-state index contributed by atoms with van der Waals surface area (Å²) in [6.45, 7) is 0. The van der Waals surface area contributed by atoms with Gasteiger partial charge in [0.1, 0.15) is 0 Å². The average molecular weight is 408 g/mol. The summed E-state index contributed by atoms with van der Waals surface area (Å²) < 4.78 is 22.2. The van der Waals surface area contributed by atoms with E-state index < -0.39 is 11.9 Å². The molecule has 0 aliphatic heterocycles. The van der Waals surface area contributed by atoms with Crippen molar-refractivity contribution in [3.05, 3.63) is 72.1 Å². The minimum Gasteiger partial charge on any atom is -0.493 e. The predicted molar refractivity (Wildman–Crippen MR) is 109 cm³/mol. The molecule has 0 spiro atoms. The molecule has 2 aromatic carbocycles. The largest absolute Gasteiger partial charge is 0.493 e. The highest BCUT2D eigenvalue weighted by Gasteiger charge is 2.22. The van der Waals surface area contributed by atoms with Gasteiger partial charge in [-0.1, -0.05) is 24.3 Å². The van der Waals surface area contributed by atoms with E-state index >= 15 is 0 Å². The molecule has 0 saturated heterocycles. The van der Waals surface area contributed by atoms with Crippen molar-refractivity contribution in [1.82, 2.24) is 9.78 Å². The van der Waals surface area contributed by atoms with Crippen LogP contribution in [0.1, 0.15) is 16.1 Å². The number of hydrogen-bond donors (Lipinski definition) is 0. The first kappa shape index (κ1) is 20.7. The molecule has 0 fully saturated rings. The maximum Gasteiger partial charge on any atom is 0.368 e. The molecule has 0 aliphatic carbocycles. The van der Waals surface area contributed by atoms with Gasteiger partial charge in [-0.15, -0.1) is 0 Å². The fourth-order valence-corrected chi connectivity index (χ4v) is 2.61. The molecule has 0 unspecified atom stereocenters. The Bertz CT molecular complexity index is 1070. The van der Waals surface area contributed by atoms with Crippen LogP contribution in [0, 0.1) is 0 Å². The lowest BCUT2D eigenvalue weighted by Gasteiger charge is -2.09. The Balaban J connectivity index is 1.84. The van der Waals surface area contributed by atoms with E-state index in [4.69, 9.17) is 14.2 Å². The maximum atomic E-state index is 12.7. The molecule has 0 bridgehead atoms. The number of ether oxygens (including phenoxy) is 4. The van der Waals surface area contributed by atoms with E-state index in [9.17, 15) is 9.59 Å². The monoisotopic (exact) mass is 408 g/mol. The number of aromatic nitrogens is 2. The Labute approximate surface area is 173 Å². The molecule has 3 rings (SSSR count). The molecule has 0 amide bonds. The highest BCUT2D eigenvalue weighted by atomic mass is 16.6. The molecule has 8 nitrogen and oxygen atoms in total. The third-order valence-electron chi connectivity index (χ3n) is 4.12. The topological polar surface area (TPSA) is 88.9 Å². The number of esters is 2. The molecule has 8 heteroatoms. The fourth-order valence-electron chi connectivity index (χ4n) is 2.61.